The van der Waals surface area contributed by atoms with Crippen LogP contribution in [0.1, 0.15) is 10.4 Å². The van der Waals surface area contributed by atoms with E-state index in [0.717, 1.165) is 27.2 Å². The molecule has 22 heavy (non-hydrogen) atoms. The number of pyridine rings is 1. The van der Waals surface area contributed by atoms with E-state index in [4.69, 9.17) is 10.5 Å². The SMILES string of the molecule is COC(=O)c1ccc2[nH]c3nc4ccccc4c(N)c3c2c1. The van der Waals surface area contributed by atoms with E-state index in [0.29, 0.717) is 16.9 Å². The normalized spacial score (nSPS) is 11.3. The van der Waals surface area contributed by atoms with E-state index in [2.05, 4.69) is 9.97 Å². The van der Waals surface area contributed by atoms with Gasteiger partial charge in [0.05, 0.1) is 29.3 Å². The Labute approximate surface area is 125 Å². The van der Waals surface area contributed by atoms with Crippen LogP contribution in [0.2, 0.25) is 0 Å². The summed E-state index contributed by atoms with van der Waals surface area (Å²) >= 11 is 0. The Balaban J connectivity index is 2.15. The Bertz CT molecular complexity index is 1050. The van der Waals surface area contributed by atoms with Crippen molar-refractivity contribution in [2.24, 2.45) is 0 Å². The molecule has 0 saturated heterocycles. The summed E-state index contributed by atoms with van der Waals surface area (Å²) in [6.45, 7) is 0. The summed E-state index contributed by atoms with van der Waals surface area (Å²) in [5.74, 6) is -0.372. The Morgan fingerprint density at radius 1 is 1.18 bits per heavy atom. The van der Waals surface area contributed by atoms with Gasteiger partial charge in [0.25, 0.3) is 0 Å². The summed E-state index contributed by atoms with van der Waals surface area (Å²) in [4.78, 5) is 19.6. The van der Waals surface area contributed by atoms with E-state index in [1.807, 2.05) is 30.3 Å². The molecule has 0 saturated carbocycles. The lowest BCUT2D eigenvalue weighted by molar-refractivity contribution is 0.0601. The van der Waals surface area contributed by atoms with Crippen molar-refractivity contribution in [3.05, 3.63) is 48.0 Å². The number of ether oxygens (including phenoxy) is 1. The standard InChI is InChI=1S/C17H13N3O2/c1-22-17(21)9-6-7-13-11(8-9)14-15(18)10-4-2-3-5-12(10)19-16(14)20-13/h2-8H,1H3,(H3,18,19,20). The third kappa shape index (κ3) is 1.65. The van der Waals surface area contributed by atoms with Gasteiger partial charge >= 0.3 is 5.97 Å². The molecule has 0 unspecified atom stereocenters. The van der Waals surface area contributed by atoms with Crippen LogP contribution in [0.5, 0.6) is 0 Å². The quantitative estimate of drug-likeness (QED) is 0.527. The first-order valence-electron chi connectivity index (χ1n) is 6.87. The highest BCUT2D eigenvalue weighted by Gasteiger charge is 2.14. The number of nitrogen functional groups attached to an aromatic ring is 1. The van der Waals surface area contributed by atoms with Crippen LogP contribution in [0, 0.1) is 0 Å². The van der Waals surface area contributed by atoms with Crippen LogP contribution in [-0.4, -0.2) is 23.0 Å². The molecule has 5 heteroatoms. The number of methoxy groups -OCH3 is 1. The third-order valence-corrected chi connectivity index (χ3v) is 3.90. The van der Waals surface area contributed by atoms with Gasteiger partial charge in [0.2, 0.25) is 0 Å². The minimum absolute atomic E-state index is 0.372. The molecule has 2 aromatic carbocycles. The fourth-order valence-corrected chi connectivity index (χ4v) is 2.83. The van der Waals surface area contributed by atoms with Crippen LogP contribution in [0.3, 0.4) is 0 Å². The number of esters is 1. The fourth-order valence-electron chi connectivity index (χ4n) is 2.83. The van der Waals surface area contributed by atoms with E-state index in [1.54, 1.807) is 12.1 Å². The van der Waals surface area contributed by atoms with Crippen molar-refractivity contribution in [1.82, 2.24) is 9.97 Å². The summed E-state index contributed by atoms with van der Waals surface area (Å²) in [7, 11) is 1.37. The molecule has 0 amide bonds. The van der Waals surface area contributed by atoms with Gasteiger partial charge in [-0.1, -0.05) is 18.2 Å². The number of hydrogen-bond acceptors (Lipinski definition) is 4. The van der Waals surface area contributed by atoms with Crippen LogP contribution < -0.4 is 5.73 Å². The molecule has 5 nitrogen and oxygen atoms in total. The molecule has 108 valence electrons. The lowest BCUT2D eigenvalue weighted by Crippen LogP contribution is -2.00. The average molecular weight is 291 g/mol. The van der Waals surface area contributed by atoms with Gasteiger partial charge in [-0.3, -0.25) is 0 Å². The Morgan fingerprint density at radius 2 is 2.00 bits per heavy atom. The number of fused-ring (bicyclic) bond motifs is 4. The van der Waals surface area contributed by atoms with E-state index in [-0.39, 0.29) is 5.97 Å². The molecular formula is C17H13N3O2. The Hall–Kier alpha value is -3.08. The number of nitrogens with one attached hydrogen (secondary N) is 1. The van der Waals surface area contributed by atoms with Gasteiger partial charge in [-0.2, -0.15) is 0 Å². The lowest BCUT2D eigenvalue weighted by atomic mass is 10.1. The molecule has 0 fully saturated rings. The number of H-pyrrole nitrogens is 1. The molecule has 2 heterocycles. The van der Waals surface area contributed by atoms with Gasteiger partial charge in [0.15, 0.2) is 0 Å². The van der Waals surface area contributed by atoms with Crippen LogP contribution in [-0.2, 0) is 4.74 Å². The molecule has 0 bridgehead atoms. The van der Waals surface area contributed by atoms with E-state index >= 15 is 0 Å². The summed E-state index contributed by atoms with van der Waals surface area (Å²) < 4.78 is 4.78. The number of aromatic amines is 1. The van der Waals surface area contributed by atoms with Crippen LogP contribution in [0.15, 0.2) is 42.5 Å². The number of aromatic nitrogens is 2. The van der Waals surface area contributed by atoms with E-state index < -0.39 is 0 Å². The van der Waals surface area contributed by atoms with Gasteiger partial charge < -0.3 is 15.5 Å². The maximum absolute atomic E-state index is 11.7. The zero-order valence-electron chi connectivity index (χ0n) is 11.9. The molecule has 0 aliphatic heterocycles. The summed E-state index contributed by atoms with van der Waals surface area (Å²) in [6.07, 6.45) is 0. The average Bonchev–Trinajstić information content (AvgIpc) is 2.91. The topological polar surface area (TPSA) is 81.0 Å². The first kappa shape index (κ1) is 12.6. The minimum atomic E-state index is -0.372. The second-order valence-electron chi connectivity index (χ2n) is 5.14. The molecule has 4 aromatic rings. The van der Waals surface area contributed by atoms with Crippen LogP contribution in [0.4, 0.5) is 5.69 Å². The van der Waals surface area contributed by atoms with E-state index in [1.165, 1.54) is 7.11 Å². The Kier molecular flexibility index (Phi) is 2.56. The smallest absolute Gasteiger partial charge is 0.337 e. The van der Waals surface area contributed by atoms with Crippen molar-refractivity contribution in [3.63, 3.8) is 0 Å². The van der Waals surface area contributed by atoms with Gasteiger partial charge in [0.1, 0.15) is 5.65 Å². The van der Waals surface area contributed by atoms with Crippen molar-refractivity contribution in [2.45, 2.75) is 0 Å². The van der Waals surface area contributed by atoms with Crippen molar-refractivity contribution in [3.8, 4) is 0 Å². The van der Waals surface area contributed by atoms with Crippen LogP contribution in [0.25, 0.3) is 32.8 Å². The molecule has 0 spiro atoms. The number of benzene rings is 2. The van der Waals surface area contributed by atoms with Crippen molar-refractivity contribution < 1.29 is 9.53 Å². The van der Waals surface area contributed by atoms with Gasteiger partial charge in [-0.05, 0) is 24.3 Å². The fraction of sp³-hybridized carbons (Fsp3) is 0.0588. The molecule has 2 aromatic heterocycles. The van der Waals surface area contributed by atoms with Crippen LogP contribution >= 0.6 is 0 Å². The van der Waals surface area contributed by atoms with Crippen molar-refractivity contribution in [2.75, 3.05) is 12.8 Å². The number of anilines is 1. The predicted octanol–water partition coefficient (Wildman–Crippen LogP) is 3.24. The molecule has 3 N–H and O–H groups in total. The van der Waals surface area contributed by atoms with Crippen molar-refractivity contribution in [1.29, 1.82) is 0 Å². The molecule has 0 atom stereocenters. The van der Waals surface area contributed by atoms with Gasteiger partial charge in [-0.15, -0.1) is 0 Å². The highest BCUT2D eigenvalue weighted by Crippen LogP contribution is 2.34. The first-order valence-corrected chi connectivity index (χ1v) is 6.87. The molecular weight excluding hydrogens is 278 g/mol. The first-order chi connectivity index (χ1) is 10.7. The molecule has 0 aliphatic carbocycles. The zero-order chi connectivity index (χ0) is 15.3. The summed E-state index contributed by atoms with van der Waals surface area (Å²) in [5, 5.41) is 2.60. The van der Waals surface area contributed by atoms with Crippen molar-refractivity contribution >= 4 is 44.5 Å². The predicted molar refractivity (Wildman–Crippen MR) is 86.9 cm³/mol. The summed E-state index contributed by atoms with van der Waals surface area (Å²) in [6, 6.07) is 13.1. The number of hydrogen-bond donors (Lipinski definition) is 2. The number of para-hydroxylation sites is 1. The maximum atomic E-state index is 11.7. The second kappa shape index (κ2) is 4.46. The number of rotatable bonds is 1. The lowest BCUT2D eigenvalue weighted by Gasteiger charge is -2.04. The number of nitrogens with zero attached hydrogens (tertiary/aromatic N) is 1. The minimum Gasteiger partial charge on any atom is -0.465 e. The Morgan fingerprint density at radius 3 is 2.82 bits per heavy atom. The van der Waals surface area contributed by atoms with E-state index in [9.17, 15) is 4.79 Å². The third-order valence-electron chi connectivity index (χ3n) is 3.90. The molecule has 0 radical (unpaired) electrons. The zero-order valence-corrected chi connectivity index (χ0v) is 11.9. The maximum Gasteiger partial charge on any atom is 0.337 e. The van der Waals surface area contributed by atoms with Gasteiger partial charge in [-0.25, -0.2) is 9.78 Å². The highest BCUT2D eigenvalue weighted by atomic mass is 16.5. The number of nitrogens with two attached hydrogens (primary N) is 1. The summed E-state index contributed by atoms with van der Waals surface area (Å²) in [5.41, 5.74) is 9.94. The molecule has 0 aliphatic rings. The highest BCUT2D eigenvalue weighted by molar-refractivity contribution is 6.18. The number of carbonyl (C=O) groups is 1. The second-order valence-corrected chi connectivity index (χ2v) is 5.14. The monoisotopic (exact) mass is 291 g/mol. The number of carbonyl (C=O) groups excluding carboxylic acids is 1. The largest absolute Gasteiger partial charge is 0.465 e. The van der Waals surface area contributed by atoms with Gasteiger partial charge in [0, 0.05) is 16.3 Å². The molecule has 4 rings (SSSR count).